The zero-order valence-electron chi connectivity index (χ0n) is 17.5. The lowest BCUT2D eigenvalue weighted by Crippen LogP contribution is -2.31. The SMILES string of the molecule is O=C(O)c1c(O)cccc1OCCC(c1ccccc1)(c1ccccc1)c1ccccc1. The van der Waals surface area contributed by atoms with E-state index >= 15 is 0 Å². The fourth-order valence-electron chi connectivity index (χ4n) is 4.27. The van der Waals surface area contributed by atoms with Gasteiger partial charge < -0.3 is 14.9 Å². The topological polar surface area (TPSA) is 66.8 Å². The van der Waals surface area contributed by atoms with Crippen LogP contribution in [-0.4, -0.2) is 22.8 Å². The van der Waals surface area contributed by atoms with Crippen LogP contribution in [-0.2, 0) is 5.41 Å². The van der Waals surface area contributed by atoms with Gasteiger partial charge in [-0.15, -0.1) is 0 Å². The van der Waals surface area contributed by atoms with Crippen LogP contribution in [0, 0.1) is 0 Å². The maximum absolute atomic E-state index is 11.6. The van der Waals surface area contributed by atoms with E-state index in [4.69, 9.17) is 4.74 Å². The highest BCUT2D eigenvalue weighted by molar-refractivity contribution is 5.93. The lowest BCUT2D eigenvalue weighted by Gasteiger charge is -2.36. The van der Waals surface area contributed by atoms with Gasteiger partial charge in [0.15, 0.2) is 0 Å². The summed E-state index contributed by atoms with van der Waals surface area (Å²) in [6.45, 7) is 0.252. The summed E-state index contributed by atoms with van der Waals surface area (Å²) in [6, 6.07) is 35.3. The van der Waals surface area contributed by atoms with Crippen molar-refractivity contribution in [2.45, 2.75) is 11.8 Å². The number of aromatic hydroxyl groups is 1. The Morgan fingerprint density at radius 3 is 1.59 bits per heavy atom. The summed E-state index contributed by atoms with van der Waals surface area (Å²) in [5.74, 6) is -1.38. The van der Waals surface area contributed by atoms with E-state index in [9.17, 15) is 15.0 Å². The summed E-state index contributed by atoms with van der Waals surface area (Å²) in [4.78, 5) is 11.6. The summed E-state index contributed by atoms with van der Waals surface area (Å²) < 4.78 is 5.96. The predicted molar refractivity (Wildman–Crippen MR) is 124 cm³/mol. The van der Waals surface area contributed by atoms with Crippen molar-refractivity contribution in [3.05, 3.63) is 131 Å². The smallest absolute Gasteiger partial charge is 0.343 e. The van der Waals surface area contributed by atoms with Gasteiger partial charge in [-0.2, -0.15) is 0 Å². The van der Waals surface area contributed by atoms with E-state index in [2.05, 4.69) is 36.4 Å². The number of phenols is 1. The number of carbonyl (C=O) groups is 1. The fourth-order valence-corrected chi connectivity index (χ4v) is 4.27. The molecule has 0 saturated heterocycles. The Morgan fingerprint density at radius 1 is 0.688 bits per heavy atom. The minimum atomic E-state index is -1.22. The van der Waals surface area contributed by atoms with Crippen LogP contribution in [0.3, 0.4) is 0 Å². The van der Waals surface area contributed by atoms with Gasteiger partial charge in [0.25, 0.3) is 0 Å². The molecule has 4 rings (SSSR count). The number of rotatable bonds is 8. The Bertz CT molecular complexity index is 1080. The summed E-state index contributed by atoms with van der Waals surface area (Å²) >= 11 is 0. The Morgan fingerprint density at radius 2 is 1.16 bits per heavy atom. The normalized spacial score (nSPS) is 11.1. The molecule has 4 nitrogen and oxygen atoms in total. The Hall–Kier alpha value is -4.05. The third-order valence-electron chi connectivity index (χ3n) is 5.75. The van der Waals surface area contributed by atoms with E-state index in [0.29, 0.717) is 6.42 Å². The molecule has 160 valence electrons. The lowest BCUT2D eigenvalue weighted by atomic mass is 9.67. The second-order valence-corrected chi connectivity index (χ2v) is 7.56. The van der Waals surface area contributed by atoms with Crippen LogP contribution in [0.5, 0.6) is 11.5 Å². The van der Waals surface area contributed by atoms with Gasteiger partial charge in [-0.1, -0.05) is 97.1 Å². The molecule has 0 amide bonds. The summed E-state index contributed by atoms with van der Waals surface area (Å²) in [6.07, 6.45) is 0.569. The fraction of sp³-hybridized carbons (Fsp3) is 0.107. The van der Waals surface area contributed by atoms with E-state index in [-0.39, 0.29) is 23.7 Å². The van der Waals surface area contributed by atoms with E-state index < -0.39 is 11.4 Å². The van der Waals surface area contributed by atoms with Gasteiger partial charge in [-0.25, -0.2) is 4.79 Å². The molecule has 4 aromatic rings. The molecule has 0 fully saturated rings. The van der Waals surface area contributed by atoms with Gasteiger partial charge in [-0.05, 0) is 35.2 Å². The molecular weight excluding hydrogens is 400 g/mol. The number of hydrogen-bond donors (Lipinski definition) is 2. The molecule has 0 radical (unpaired) electrons. The molecule has 0 spiro atoms. The minimum Gasteiger partial charge on any atom is -0.507 e. The van der Waals surface area contributed by atoms with Crippen molar-refractivity contribution in [3.8, 4) is 11.5 Å². The van der Waals surface area contributed by atoms with Crippen LogP contribution in [0.2, 0.25) is 0 Å². The van der Waals surface area contributed by atoms with Crippen molar-refractivity contribution >= 4 is 5.97 Å². The standard InChI is InChI=1S/C28H24O4/c29-24-17-10-18-25(26(24)27(30)31)32-20-19-28(21-11-4-1-5-12-21,22-13-6-2-7-14-22)23-15-8-3-9-16-23/h1-18,29H,19-20H2,(H,30,31). The minimum absolute atomic E-state index is 0.153. The average molecular weight is 424 g/mol. The van der Waals surface area contributed by atoms with Crippen molar-refractivity contribution in [1.29, 1.82) is 0 Å². The first-order valence-corrected chi connectivity index (χ1v) is 10.5. The molecule has 32 heavy (non-hydrogen) atoms. The van der Waals surface area contributed by atoms with E-state index in [1.54, 1.807) is 12.1 Å². The Balaban J connectivity index is 1.78. The number of hydrogen-bond acceptors (Lipinski definition) is 3. The van der Waals surface area contributed by atoms with Gasteiger partial charge >= 0.3 is 5.97 Å². The van der Waals surface area contributed by atoms with Gasteiger partial charge in [0.2, 0.25) is 0 Å². The molecule has 0 aliphatic carbocycles. The second-order valence-electron chi connectivity index (χ2n) is 7.56. The highest BCUT2D eigenvalue weighted by atomic mass is 16.5. The number of carboxylic acids is 1. The molecule has 0 bridgehead atoms. The van der Waals surface area contributed by atoms with Gasteiger partial charge in [0, 0.05) is 5.41 Å². The predicted octanol–water partition coefficient (Wildman–Crippen LogP) is 5.89. The van der Waals surface area contributed by atoms with Crippen LogP contribution < -0.4 is 4.74 Å². The molecule has 0 aromatic heterocycles. The van der Waals surface area contributed by atoms with E-state index in [1.165, 1.54) is 6.07 Å². The largest absolute Gasteiger partial charge is 0.507 e. The third kappa shape index (κ3) is 4.08. The van der Waals surface area contributed by atoms with E-state index in [1.807, 2.05) is 54.6 Å². The highest BCUT2D eigenvalue weighted by Crippen LogP contribution is 2.42. The number of carboxylic acid groups (broad SMARTS) is 1. The quantitative estimate of drug-likeness (QED) is 0.346. The maximum Gasteiger partial charge on any atom is 0.343 e. The zero-order chi connectivity index (χ0) is 22.4. The Kier molecular flexibility index (Phi) is 6.22. The first kappa shape index (κ1) is 21.2. The molecule has 2 N–H and O–H groups in total. The van der Waals surface area contributed by atoms with Crippen molar-refractivity contribution in [2.24, 2.45) is 0 Å². The monoisotopic (exact) mass is 424 g/mol. The van der Waals surface area contributed by atoms with Crippen LogP contribution in [0.1, 0.15) is 33.5 Å². The lowest BCUT2D eigenvalue weighted by molar-refractivity contribution is 0.0688. The number of ether oxygens (including phenoxy) is 1. The molecule has 0 heterocycles. The summed E-state index contributed by atoms with van der Waals surface area (Å²) in [7, 11) is 0. The van der Waals surface area contributed by atoms with Gasteiger partial charge in [0.1, 0.15) is 17.1 Å². The molecule has 4 heteroatoms. The molecule has 4 aromatic carbocycles. The molecular formula is C28H24O4. The van der Waals surface area contributed by atoms with Crippen LogP contribution in [0.15, 0.2) is 109 Å². The zero-order valence-corrected chi connectivity index (χ0v) is 17.5. The summed E-state index contributed by atoms with van der Waals surface area (Å²) in [5, 5.41) is 19.5. The molecule has 0 atom stereocenters. The molecule has 0 saturated carbocycles. The van der Waals surface area contributed by atoms with Crippen molar-refractivity contribution in [1.82, 2.24) is 0 Å². The first-order valence-electron chi connectivity index (χ1n) is 10.5. The van der Waals surface area contributed by atoms with Crippen molar-refractivity contribution < 1.29 is 19.7 Å². The molecule has 0 unspecified atom stereocenters. The highest BCUT2D eigenvalue weighted by Gasteiger charge is 2.36. The van der Waals surface area contributed by atoms with Crippen molar-refractivity contribution in [2.75, 3.05) is 6.61 Å². The Labute approximate surface area is 187 Å². The summed E-state index contributed by atoms with van der Waals surface area (Å²) in [5.41, 5.74) is 2.64. The second kappa shape index (κ2) is 9.40. The molecule has 0 aliphatic heterocycles. The van der Waals surface area contributed by atoms with Crippen LogP contribution >= 0.6 is 0 Å². The molecule has 0 aliphatic rings. The average Bonchev–Trinajstić information content (AvgIpc) is 2.83. The number of benzene rings is 4. The van der Waals surface area contributed by atoms with E-state index in [0.717, 1.165) is 16.7 Å². The van der Waals surface area contributed by atoms with Crippen LogP contribution in [0.25, 0.3) is 0 Å². The number of aromatic carboxylic acids is 1. The van der Waals surface area contributed by atoms with Gasteiger partial charge in [0.05, 0.1) is 6.61 Å². The maximum atomic E-state index is 11.6. The first-order chi connectivity index (χ1) is 15.6. The van der Waals surface area contributed by atoms with Crippen molar-refractivity contribution in [3.63, 3.8) is 0 Å². The van der Waals surface area contributed by atoms with Crippen LogP contribution in [0.4, 0.5) is 0 Å². The third-order valence-corrected chi connectivity index (χ3v) is 5.75. The van der Waals surface area contributed by atoms with Gasteiger partial charge in [-0.3, -0.25) is 0 Å².